The SMILES string of the molecule is CC1(NCc2cc(C#N)cs2)CC1. The van der Waals surface area contributed by atoms with Gasteiger partial charge in [-0.25, -0.2) is 0 Å². The Balaban J connectivity index is 1.91. The van der Waals surface area contributed by atoms with Gasteiger partial charge in [-0.15, -0.1) is 11.3 Å². The predicted molar refractivity (Wildman–Crippen MR) is 53.5 cm³/mol. The standard InChI is InChI=1S/C10H12N2S/c1-10(2-3-10)12-6-9-4-8(5-11)7-13-9/h4,7,12H,2-3,6H2,1H3. The highest BCUT2D eigenvalue weighted by Gasteiger charge is 2.36. The quantitative estimate of drug-likeness (QED) is 0.797. The average molecular weight is 192 g/mol. The second-order valence-electron chi connectivity index (χ2n) is 3.83. The van der Waals surface area contributed by atoms with Gasteiger partial charge in [0.15, 0.2) is 0 Å². The number of nitrogens with one attached hydrogen (secondary N) is 1. The first kappa shape index (κ1) is 8.74. The smallest absolute Gasteiger partial charge is 0.100 e. The molecule has 0 aliphatic heterocycles. The molecule has 13 heavy (non-hydrogen) atoms. The molecule has 1 saturated carbocycles. The highest BCUT2D eigenvalue weighted by atomic mass is 32.1. The molecule has 0 atom stereocenters. The zero-order valence-electron chi connectivity index (χ0n) is 7.63. The molecule has 1 aromatic rings. The molecule has 3 heteroatoms. The van der Waals surface area contributed by atoms with Crippen LogP contribution < -0.4 is 5.32 Å². The number of hydrogen-bond donors (Lipinski definition) is 1. The molecule has 1 aromatic heterocycles. The minimum Gasteiger partial charge on any atom is -0.307 e. The molecule has 0 amide bonds. The van der Waals surface area contributed by atoms with E-state index in [0.29, 0.717) is 5.54 Å². The Labute approximate surface area is 82.2 Å². The highest BCUT2D eigenvalue weighted by molar-refractivity contribution is 7.10. The lowest BCUT2D eigenvalue weighted by Gasteiger charge is -2.08. The van der Waals surface area contributed by atoms with Crippen LogP contribution in [0, 0.1) is 11.3 Å². The van der Waals surface area contributed by atoms with E-state index in [4.69, 9.17) is 5.26 Å². The van der Waals surface area contributed by atoms with Crippen molar-refractivity contribution in [3.05, 3.63) is 21.9 Å². The first-order chi connectivity index (χ1) is 6.22. The molecule has 0 aromatic carbocycles. The van der Waals surface area contributed by atoms with Gasteiger partial charge in [0.05, 0.1) is 5.56 Å². The number of thiophene rings is 1. The van der Waals surface area contributed by atoms with Crippen LogP contribution >= 0.6 is 11.3 Å². The summed E-state index contributed by atoms with van der Waals surface area (Å²) in [4.78, 5) is 1.25. The van der Waals surface area contributed by atoms with Crippen LogP contribution in [0.4, 0.5) is 0 Å². The van der Waals surface area contributed by atoms with Gasteiger partial charge in [0.1, 0.15) is 6.07 Å². The Morgan fingerprint density at radius 3 is 3.00 bits per heavy atom. The Kier molecular flexibility index (Phi) is 2.10. The summed E-state index contributed by atoms with van der Waals surface area (Å²) in [5.41, 5.74) is 1.17. The molecule has 1 heterocycles. The van der Waals surface area contributed by atoms with Crippen molar-refractivity contribution in [2.75, 3.05) is 0 Å². The molecular weight excluding hydrogens is 180 g/mol. The van der Waals surface area contributed by atoms with Gasteiger partial charge >= 0.3 is 0 Å². The number of nitriles is 1. The van der Waals surface area contributed by atoms with Crippen LogP contribution in [0.2, 0.25) is 0 Å². The van der Waals surface area contributed by atoms with Crippen LogP contribution in [0.15, 0.2) is 11.4 Å². The molecule has 0 unspecified atom stereocenters. The molecule has 2 rings (SSSR count). The maximum atomic E-state index is 8.63. The van der Waals surface area contributed by atoms with Gasteiger partial charge in [0, 0.05) is 22.3 Å². The van der Waals surface area contributed by atoms with E-state index in [9.17, 15) is 0 Å². The van der Waals surface area contributed by atoms with Crippen LogP contribution in [-0.4, -0.2) is 5.54 Å². The Bertz CT molecular complexity index is 344. The van der Waals surface area contributed by atoms with Crippen LogP contribution in [0.5, 0.6) is 0 Å². The minimum atomic E-state index is 0.386. The molecule has 2 nitrogen and oxygen atoms in total. The fraction of sp³-hybridized carbons (Fsp3) is 0.500. The van der Waals surface area contributed by atoms with Crippen LogP contribution in [0.1, 0.15) is 30.2 Å². The van der Waals surface area contributed by atoms with E-state index in [1.165, 1.54) is 17.7 Å². The van der Waals surface area contributed by atoms with Crippen molar-refractivity contribution >= 4 is 11.3 Å². The van der Waals surface area contributed by atoms with Crippen molar-refractivity contribution in [2.45, 2.75) is 31.8 Å². The Morgan fingerprint density at radius 1 is 1.69 bits per heavy atom. The fourth-order valence-electron chi connectivity index (χ4n) is 1.20. The third kappa shape index (κ3) is 2.09. The molecule has 0 radical (unpaired) electrons. The molecule has 68 valence electrons. The van der Waals surface area contributed by atoms with E-state index in [2.05, 4.69) is 18.3 Å². The van der Waals surface area contributed by atoms with Gasteiger partial charge in [-0.2, -0.15) is 5.26 Å². The summed E-state index contributed by atoms with van der Waals surface area (Å²) in [5, 5.41) is 14.0. The lowest BCUT2D eigenvalue weighted by atomic mass is 10.3. The molecule has 1 aliphatic carbocycles. The third-order valence-corrected chi connectivity index (χ3v) is 3.41. The molecule has 0 spiro atoms. The lowest BCUT2D eigenvalue weighted by molar-refractivity contribution is 0.541. The molecule has 1 aliphatic rings. The van der Waals surface area contributed by atoms with Crippen molar-refractivity contribution in [3.8, 4) is 6.07 Å². The number of rotatable bonds is 3. The predicted octanol–water partition coefficient (Wildman–Crippen LogP) is 2.26. The second kappa shape index (κ2) is 3.13. The van der Waals surface area contributed by atoms with Gasteiger partial charge in [0.25, 0.3) is 0 Å². The number of hydrogen-bond acceptors (Lipinski definition) is 3. The summed E-state index contributed by atoms with van der Waals surface area (Å²) >= 11 is 1.66. The molecular formula is C10H12N2S. The second-order valence-corrected chi connectivity index (χ2v) is 4.82. The van der Waals surface area contributed by atoms with Crippen molar-refractivity contribution in [2.24, 2.45) is 0 Å². The maximum Gasteiger partial charge on any atom is 0.100 e. The summed E-state index contributed by atoms with van der Waals surface area (Å²) in [7, 11) is 0. The molecule has 1 fully saturated rings. The van der Waals surface area contributed by atoms with Crippen LogP contribution in [0.25, 0.3) is 0 Å². The van der Waals surface area contributed by atoms with Gasteiger partial charge < -0.3 is 5.32 Å². The lowest BCUT2D eigenvalue weighted by Crippen LogP contribution is -2.26. The molecule has 1 N–H and O–H groups in total. The summed E-state index contributed by atoms with van der Waals surface area (Å²) in [6.45, 7) is 3.15. The monoisotopic (exact) mass is 192 g/mol. The summed E-state index contributed by atoms with van der Waals surface area (Å²) in [6, 6.07) is 4.10. The normalized spacial score (nSPS) is 18.2. The summed E-state index contributed by atoms with van der Waals surface area (Å²) < 4.78 is 0. The fourth-order valence-corrected chi connectivity index (χ4v) is 1.95. The van der Waals surface area contributed by atoms with Gasteiger partial charge in [0.2, 0.25) is 0 Å². The minimum absolute atomic E-state index is 0.386. The van der Waals surface area contributed by atoms with E-state index >= 15 is 0 Å². The van der Waals surface area contributed by atoms with Crippen molar-refractivity contribution in [1.29, 1.82) is 5.26 Å². The Hall–Kier alpha value is -0.850. The maximum absolute atomic E-state index is 8.63. The van der Waals surface area contributed by atoms with E-state index in [1.807, 2.05) is 11.4 Å². The first-order valence-corrected chi connectivity index (χ1v) is 5.32. The van der Waals surface area contributed by atoms with E-state index in [1.54, 1.807) is 11.3 Å². The highest BCUT2D eigenvalue weighted by Crippen LogP contribution is 2.34. The summed E-state index contributed by atoms with van der Waals surface area (Å²) in [5.74, 6) is 0. The van der Waals surface area contributed by atoms with Crippen LogP contribution in [0.3, 0.4) is 0 Å². The molecule has 0 bridgehead atoms. The third-order valence-electron chi connectivity index (χ3n) is 2.47. The van der Waals surface area contributed by atoms with E-state index < -0.39 is 0 Å². The van der Waals surface area contributed by atoms with E-state index in [0.717, 1.165) is 12.1 Å². The summed E-state index contributed by atoms with van der Waals surface area (Å²) in [6.07, 6.45) is 2.56. The Morgan fingerprint density at radius 2 is 2.46 bits per heavy atom. The van der Waals surface area contributed by atoms with Gasteiger partial charge in [-0.05, 0) is 25.8 Å². The first-order valence-electron chi connectivity index (χ1n) is 4.44. The van der Waals surface area contributed by atoms with Crippen molar-refractivity contribution < 1.29 is 0 Å². The number of nitrogens with zero attached hydrogens (tertiary/aromatic N) is 1. The van der Waals surface area contributed by atoms with Gasteiger partial charge in [-0.3, -0.25) is 0 Å². The zero-order valence-corrected chi connectivity index (χ0v) is 8.45. The van der Waals surface area contributed by atoms with Crippen molar-refractivity contribution in [3.63, 3.8) is 0 Å². The largest absolute Gasteiger partial charge is 0.307 e. The topological polar surface area (TPSA) is 35.8 Å². The molecule has 0 saturated heterocycles. The van der Waals surface area contributed by atoms with Gasteiger partial charge in [-0.1, -0.05) is 0 Å². The van der Waals surface area contributed by atoms with Crippen LogP contribution in [-0.2, 0) is 6.54 Å². The van der Waals surface area contributed by atoms with E-state index in [-0.39, 0.29) is 0 Å². The zero-order chi connectivity index (χ0) is 9.31. The van der Waals surface area contributed by atoms with Crippen molar-refractivity contribution in [1.82, 2.24) is 5.32 Å². The average Bonchev–Trinajstić information content (AvgIpc) is 2.69.